The summed E-state index contributed by atoms with van der Waals surface area (Å²) < 4.78 is 123. The number of aliphatic carboxylic acids is 1. The molecule has 1 amide bonds. The van der Waals surface area contributed by atoms with E-state index in [0.717, 1.165) is 6.07 Å². The predicted octanol–water partition coefficient (Wildman–Crippen LogP) is 5.48. The van der Waals surface area contributed by atoms with Crippen molar-refractivity contribution in [2.75, 3.05) is 6.54 Å². The first-order valence-electron chi connectivity index (χ1n) is 13.6. The second kappa shape index (κ2) is 10.4. The molecule has 1 aromatic heterocycles. The van der Waals surface area contributed by atoms with Crippen LogP contribution in [0.5, 0.6) is 0 Å². The van der Waals surface area contributed by atoms with Gasteiger partial charge in [-0.05, 0) is 68.2 Å². The number of fused-ring (bicyclic) bond motifs is 3. The summed E-state index contributed by atoms with van der Waals surface area (Å²) in [5.41, 5.74) is -7.66. The summed E-state index contributed by atoms with van der Waals surface area (Å²) in [6.45, 7) is -0.0635. The minimum atomic E-state index is -6.34. The molecular formula is C28H27F7N2O5S. The smallest absolute Gasteiger partial charge is 0.435 e. The minimum absolute atomic E-state index is 0.0635. The number of aromatic nitrogens is 1. The number of carbonyl (C=O) groups excluding carboxylic acids is 1. The molecule has 2 aliphatic carbocycles. The second-order valence-corrected chi connectivity index (χ2v) is 13.5. The molecule has 15 heteroatoms. The van der Waals surface area contributed by atoms with Crippen LogP contribution in [-0.2, 0) is 36.3 Å². The lowest BCUT2D eigenvalue weighted by molar-refractivity contribution is -0.348. The normalized spacial score (nSPS) is 26.5. The Bertz CT molecular complexity index is 1510. The quantitative estimate of drug-likeness (QED) is 0.436. The number of likely N-dealkylation sites (tertiary alicyclic amines) is 1. The second-order valence-electron chi connectivity index (χ2n) is 11.3. The summed E-state index contributed by atoms with van der Waals surface area (Å²) in [6.07, 6.45) is -9.70. The third kappa shape index (κ3) is 4.69. The molecule has 1 saturated heterocycles. The zero-order chi connectivity index (χ0) is 31.6. The molecule has 0 bridgehead atoms. The molecule has 5 rings (SSSR count). The Labute approximate surface area is 242 Å². The number of carbonyl (C=O) groups is 2. The van der Waals surface area contributed by atoms with Crippen molar-refractivity contribution in [1.82, 2.24) is 9.88 Å². The predicted molar refractivity (Wildman–Crippen MR) is 136 cm³/mol. The molecular weight excluding hydrogens is 609 g/mol. The zero-order valence-corrected chi connectivity index (χ0v) is 23.3. The lowest BCUT2D eigenvalue weighted by Crippen LogP contribution is -2.53. The van der Waals surface area contributed by atoms with Gasteiger partial charge in [-0.1, -0.05) is 18.2 Å². The molecule has 0 spiro atoms. The van der Waals surface area contributed by atoms with Crippen molar-refractivity contribution in [1.29, 1.82) is 0 Å². The number of benzene rings is 1. The number of carboxylic acid groups (broad SMARTS) is 1. The molecule has 1 aliphatic heterocycles. The van der Waals surface area contributed by atoms with Gasteiger partial charge in [0.1, 0.15) is 4.75 Å². The van der Waals surface area contributed by atoms with E-state index in [4.69, 9.17) is 0 Å². The van der Waals surface area contributed by atoms with Gasteiger partial charge in [-0.3, -0.25) is 14.6 Å². The highest BCUT2D eigenvalue weighted by Gasteiger charge is 2.74. The van der Waals surface area contributed by atoms with Crippen molar-refractivity contribution in [3.8, 4) is 0 Å². The van der Waals surface area contributed by atoms with E-state index in [1.54, 1.807) is 0 Å². The van der Waals surface area contributed by atoms with E-state index in [0.29, 0.717) is 12.1 Å². The summed E-state index contributed by atoms with van der Waals surface area (Å²) in [6, 6.07) is 2.97. The Balaban J connectivity index is 1.61. The van der Waals surface area contributed by atoms with E-state index in [2.05, 4.69) is 4.98 Å². The lowest BCUT2D eigenvalue weighted by atomic mass is 9.76. The fourth-order valence-electron chi connectivity index (χ4n) is 7.04. The van der Waals surface area contributed by atoms with Crippen molar-refractivity contribution in [3.63, 3.8) is 0 Å². The highest BCUT2D eigenvalue weighted by atomic mass is 32.2. The fourth-order valence-corrected chi connectivity index (χ4v) is 9.40. The van der Waals surface area contributed by atoms with Gasteiger partial charge in [-0.25, -0.2) is 12.8 Å². The summed E-state index contributed by atoms with van der Waals surface area (Å²) in [5, 5.41) is 9.30. The van der Waals surface area contributed by atoms with Crippen molar-refractivity contribution < 1.29 is 53.8 Å². The number of alkyl halides is 7. The number of amides is 1. The van der Waals surface area contributed by atoms with Crippen LogP contribution in [0.15, 0.2) is 47.6 Å². The third-order valence-electron chi connectivity index (χ3n) is 9.21. The van der Waals surface area contributed by atoms with Gasteiger partial charge in [0.2, 0.25) is 5.91 Å². The van der Waals surface area contributed by atoms with Gasteiger partial charge in [0.05, 0.1) is 16.9 Å². The summed E-state index contributed by atoms with van der Waals surface area (Å²) in [4.78, 5) is 30.1. The molecule has 2 aromatic rings. The van der Waals surface area contributed by atoms with Gasteiger partial charge in [0.25, 0.3) is 0 Å². The van der Waals surface area contributed by atoms with Crippen molar-refractivity contribution in [2.24, 2.45) is 11.8 Å². The maximum absolute atomic E-state index is 15.0. The van der Waals surface area contributed by atoms with Gasteiger partial charge >= 0.3 is 24.0 Å². The average Bonchev–Trinajstić information content (AvgIpc) is 3.37. The summed E-state index contributed by atoms with van der Waals surface area (Å²) in [5.74, 6) is -2.51. The van der Waals surface area contributed by atoms with Crippen LogP contribution in [-0.4, -0.2) is 60.2 Å². The molecule has 0 radical (unpaired) electrons. The first-order valence-corrected chi connectivity index (χ1v) is 15.1. The number of hydrogen-bond donors (Lipinski definition) is 1. The number of sulfone groups is 1. The number of hydrogen-bond acceptors (Lipinski definition) is 5. The Morgan fingerprint density at radius 2 is 1.47 bits per heavy atom. The molecule has 1 aromatic carbocycles. The Kier molecular flexibility index (Phi) is 7.58. The van der Waals surface area contributed by atoms with E-state index >= 15 is 0 Å². The lowest BCUT2D eigenvalue weighted by Gasteiger charge is -2.43. The Morgan fingerprint density at radius 3 is 2.02 bits per heavy atom. The highest BCUT2D eigenvalue weighted by Crippen LogP contribution is 2.57. The maximum atomic E-state index is 15.0. The number of pyridine rings is 1. The summed E-state index contributed by atoms with van der Waals surface area (Å²) >= 11 is 0. The molecule has 7 nitrogen and oxygen atoms in total. The maximum Gasteiger partial charge on any atom is 0.435 e. The van der Waals surface area contributed by atoms with E-state index in [-0.39, 0.29) is 73.4 Å². The van der Waals surface area contributed by atoms with Gasteiger partial charge < -0.3 is 10.0 Å². The molecule has 1 N–H and O–H groups in total. The van der Waals surface area contributed by atoms with Crippen LogP contribution in [0.1, 0.15) is 55.2 Å². The number of nitrogens with zero attached hydrogens (tertiary/aromatic N) is 2. The summed E-state index contributed by atoms with van der Waals surface area (Å²) in [7, 11) is -4.45. The van der Waals surface area contributed by atoms with Crippen LogP contribution in [0, 0.1) is 11.8 Å². The van der Waals surface area contributed by atoms with Gasteiger partial charge in [0.15, 0.2) is 9.84 Å². The van der Waals surface area contributed by atoms with Crippen LogP contribution >= 0.6 is 0 Å². The molecule has 2 heterocycles. The van der Waals surface area contributed by atoms with E-state index < -0.39 is 62.0 Å². The van der Waals surface area contributed by atoms with Crippen molar-refractivity contribution >= 4 is 21.7 Å². The molecule has 43 heavy (non-hydrogen) atoms. The number of rotatable bonds is 5. The molecule has 3 aliphatic rings. The number of halogens is 7. The number of carboxylic acids is 1. The Hall–Kier alpha value is -3.23. The first-order chi connectivity index (χ1) is 20.0. The van der Waals surface area contributed by atoms with Crippen LogP contribution in [0.4, 0.5) is 30.7 Å². The SMILES string of the molecule is O=C(O)C1CCC(C(=O)N2CCC3(S(=O)(=O)c4ccncc4)c4ccc(C(F)(C(F)(F)F)C(F)(F)F)cc4CCC23)CC1. The highest BCUT2D eigenvalue weighted by molar-refractivity contribution is 7.92. The monoisotopic (exact) mass is 636 g/mol. The van der Waals surface area contributed by atoms with Crippen LogP contribution in [0.2, 0.25) is 0 Å². The molecule has 2 atom stereocenters. The molecule has 2 fully saturated rings. The average molecular weight is 637 g/mol. The van der Waals surface area contributed by atoms with Gasteiger partial charge in [-0.2, -0.15) is 26.3 Å². The fraction of sp³-hybridized carbons (Fsp3) is 0.536. The zero-order valence-electron chi connectivity index (χ0n) is 22.5. The minimum Gasteiger partial charge on any atom is -0.481 e. The van der Waals surface area contributed by atoms with Gasteiger partial charge in [-0.15, -0.1) is 0 Å². The third-order valence-corrected chi connectivity index (χ3v) is 11.8. The van der Waals surface area contributed by atoms with Crippen LogP contribution < -0.4 is 0 Å². The topological polar surface area (TPSA) is 105 Å². The van der Waals surface area contributed by atoms with E-state index in [1.165, 1.54) is 29.4 Å². The van der Waals surface area contributed by atoms with Crippen molar-refractivity contribution in [2.45, 2.75) is 78.7 Å². The molecule has 1 saturated carbocycles. The number of aryl methyl sites for hydroxylation is 1. The molecule has 2 unspecified atom stereocenters. The van der Waals surface area contributed by atoms with Crippen LogP contribution in [0.25, 0.3) is 0 Å². The largest absolute Gasteiger partial charge is 0.481 e. The van der Waals surface area contributed by atoms with E-state index in [9.17, 15) is 53.8 Å². The Morgan fingerprint density at radius 1 is 0.884 bits per heavy atom. The van der Waals surface area contributed by atoms with Crippen molar-refractivity contribution in [3.05, 3.63) is 59.4 Å². The van der Waals surface area contributed by atoms with E-state index in [1.807, 2.05) is 0 Å². The van der Waals surface area contributed by atoms with Gasteiger partial charge in [0, 0.05) is 30.4 Å². The van der Waals surface area contributed by atoms with Crippen LogP contribution in [0.3, 0.4) is 0 Å². The first kappa shape index (κ1) is 31.2. The molecule has 234 valence electrons. The standard InChI is InChI=1S/C28H27F7N2O5S/c29-26(27(30,31)32,28(33,34)35)19-6-7-21-18(15-19)5-8-22-25(21,43(41,42)20-9-12-36-13-10-20)11-14-37(22)23(38)16-1-3-17(4-2-16)24(39)40/h6-7,9-10,12-13,15-17,22H,1-5,8,11,14H2,(H,39,40).